The van der Waals surface area contributed by atoms with E-state index in [9.17, 15) is 13.8 Å². The van der Waals surface area contributed by atoms with Crippen molar-refractivity contribution in [1.29, 1.82) is 0 Å². The maximum absolute atomic E-state index is 12.0. The zero-order chi connectivity index (χ0) is 26.5. The second-order valence-electron chi connectivity index (χ2n) is 5.81. The molecule has 0 aliphatic rings. The predicted molar refractivity (Wildman–Crippen MR) is 198 cm³/mol. The van der Waals surface area contributed by atoms with Gasteiger partial charge in [0.2, 0.25) is 0 Å². The Kier molecular flexibility index (Phi) is 37.2. The van der Waals surface area contributed by atoms with Crippen LogP contribution in [-0.2, 0) is 20.4 Å². The quantitative estimate of drug-likeness (QED) is 0.0632. The highest BCUT2D eigenvalue weighted by atomic mass is 32.3. The lowest BCUT2D eigenvalue weighted by Gasteiger charge is -2.04. The molecular weight excluding hydrogens is 729 g/mol. The number of rotatable bonds is 28. The first-order valence-electron chi connectivity index (χ1n) is 10.1. The van der Waals surface area contributed by atoms with Crippen LogP contribution in [0.15, 0.2) is 0 Å². The van der Waals surface area contributed by atoms with Gasteiger partial charge in [-0.25, -0.2) is 0 Å². The Morgan fingerprint density at radius 2 is 1.03 bits per heavy atom. The molecule has 0 aliphatic carbocycles. The summed E-state index contributed by atoms with van der Waals surface area (Å²) in [6.07, 6.45) is 2.05. The number of carbonyl (C=O) groups excluding carboxylic acids is 2. The molecular formula is C18H34O4S14. The lowest BCUT2D eigenvalue weighted by molar-refractivity contribution is -0.109. The Bertz CT molecular complexity index is 546. The number of thioether (sulfide) groups is 13. The summed E-state index contributed by atoms with van der Waals surface area (Å²) in [5.74, 6) is 3.02. The van der Waals surface area contributed by atoms with Crippen molar-refractivity contribution in [2.75, 3.05) is 86.1 Å². The minimum absolute atomic E-state index is 0.134. The van der Waals surface area contributed by atoms with Crippen LogP contribution in [-0.4, -0.2) is 106 Å². The standard InChI is InChI=1S/C18H34O4S14/c1-23-2-3-36(22)16-33-13-30-11-29-12-32-15-35-18(21)5-25-8-28-10-27-7-24-4-17(20)34-14-31-9-26-6-19/h19H,2-16H2,1H3. The molecule has 214 valence electrons. The van der Waals surface area contributed by atoms with Gasteiger partial charge in [0.05, 0.1) is 22.5 Å². The van der Waals surface area contributed by atoms with Crippen molar-refractivity contribution in [2.24, 2.45) is 0 Å². The third-order valence-electron chi connectivity index (χ3n) is 3.03. The molecule has 18 heteroatoms. The molecule has 0 saturated carbocycles. The van der Waals surface area contributed by atoms with Crippen LogP contribution < -0.4 is 0 Å². The summed E-state index contributed by atoms with van der Waals surface area (Å²) in [5.41, 5.74) is 0. The van der Waals surface area contributed by atoms with E-state index < -0.39 is 10.8 Å². The highest BCUT2D eigenvalue weighted by Gasteiger charge is 2.05. The van der Waals surface area contributed by atoms with E-state index in [0.717, 1.165) is 62.4 Å². The zero-order valence-electron chi connectivity index (χ0n) is 20.0. The fourth-order valence-corrected chi connectivity index (χ4v) is 17.9. The summed E-state index contributed by atoms with van der Waals surface area (Å²) in [5, 5.41) is 18.1. The first-order chi connectivity index (χ1) is 17.6. The van der Waals surface area contributed by atoms with E-state index in [0.29, 0.717) is 11.5 Å². The minimum atomic E-state index is -0.684. The molecule has 0 fully saturated rings. The normalized spacial score (nSPS) is 12.2. The molecule has 4 nitrogen and oxygen atoms in total. The average Bonchev–Trinajstić information content (AvgIpc) is 2.87. The van der Waals surface area contributed by atoms with Gasteiger partial charge in [-0.2, -0.15) is 11.8 Å². The van der Waals surface area contributed by atoms with Gasteiger partial charge in [-0.1, -0.05) is 23.5 Å². The molecule has 1 N–H and O–H groups in total. The van der Waals surface area contributed by atoms with Gasteiger partial charge >= 0.3 is 0 Å². The van der Waals surface area contributed by atoms with Gasteiger partial charge in [0.1, 0.15) is 0 Å². The van der Waals surface area contributed by atoms with Crippen molar-refractivity contribution in [3.05, 3.63) is 0 Å². The third kappa shape index (κ3) is 32.5. The van der Waals surface area contributed by atoms with E-state index in [2.05, 4.69) is 0 Å². The van der Waals surface area contributed by atoms with Crippen molar-refractivity contribution >= 4 is 174 Å². The van der Waals surface area contributed by atoms with Crippen molar-refractivity contribution in [3.8, 4) is 0 Å². The molecule has 0 radical (unpaired) electrons. The van der Waals surface area contributed by atoms with Gasteiger partial charge in [0.15, 0.2) is 10.2 Å². The Morgan fingerprint density at radius 1 is 0.611 bits per heavy atom. The first kappa shape index (κ1) is 40.0. The van der Waals surface area contributed by atoms with Crippen molar-refractivity contribution in [3.63, 3.8) is 0 Å². The molecule has 1 unspecified atom stereocenters. The molecule has 0 aliphatic heterocycles. The van der Waals surface area contributed by atoms with Crippen molar-refractivity contribution in [1.82, 2.24) is 0 Å². The second-order valence-corrected chi connectivity index (χ2v) is 23.9. The highest BCUT2D eigenvalue weighted by Crippen LogP contribution is 2.26. The number of hydrogen-bond acceptors (Lipinski definition) is 17. The van der Waals surface area contributed by atoms with Crippen LogP contribution in [0.1, 0.15) is 0 Å². The Morgan fingerprint density at radius 3 is 1.50 bits per heavy atom. The molecule has 0 saturated heterocycles. The largest absolute Gasteiger partial charge is 0.386 e. The maximum Gasteiger partial charge on any atom is 0.199 e. The highest BCUT2D eigenvalue weighted by molar-refractivity contribution is 8.31. The summed E-state index contributed by atoms with van der Waals surface area (Å²) >= 11 is 22.0. The van der Waals surface area contributed by atoms with E-state index in [4.69, 9.17) is 5.11 Å². The first-order valence-corrected chi connectivity index (χ1v) is 26.5. The van der Waals surface area contributed by atoms with Crippen LogP contribution in [0.3, 0.4) is 0 Å². The van der Waals surface area contributed by atoms with Crippen molar-refractivity contribution < 1.29 is 18.9 Å². The molecule has 0 aromatic rings. The summed E-state index contributed by atoms with van der Waals surface area (Å²) in [6, 6.07) is 0. The SMILES string of the molecule is CSCCS(=O)CSCSCSCSCSC(=O)CSCSCSCSCC(=O)SCSCSCO. The molecule has 0 amide bonds. The van der Waals surface area contributed by atoms with Crippen LogP contribution in [0.5, 0.6) is 0 Å². The van der Waals surface area contributed by atoms with Gasteiger partial charge in [0.25, 0.3) is 0 Å². The van der Waals surface area contributed by atoms with Crippen LogP contribution in [0.25, 0.3) is 0 Å². The van der Waals surface area contributed by atoms with Crippen molar-refractivity contribution in [2.45, 2.75) is 0 Å². The summed E-state index contributed by atoms with van der Waals surface area (Å²) in [7, 11) is -0.684. The zero-order valence-corrected chi connectivity index (χ0v) is 31.4. The maximum atomic E-state index is 12.0. The molecule has 0 spiro atoms. The molecule has 0 aromatic heterocycles. The van der Waals surface area contributed by atoms with Gasteiger partial charge in [-0.15, -0.1) is 118 Å². The fraction of sp³-hybridized carbons (Fsp3) is 0.889. The fourth-order valence-electron chi connectivity index (χ4n) is 1.56. The Hall–Kier alpha value is 4.00. The predicted octanol–water partition coefficient (Wildman–Crippen LogP) is 7.47. The van der Waals surface area contributed by atoms with Crippen LogP contribution in [0.4, 0.5) is 0 Å². The van der Waals surface area contributed by atoms with E-state index in [1.54, 1.807) is 70.6 Å². The number of carbonyl (C=O) groups is 2. The van der Waals surface area contributed by atoms with E-state index in [1.807, 2.05) is 53.3 Å². The van der Waals surface area contributed by atoms with E-state index in [1.165, 1.54) is 35.3 Å². The lowest BCUT2D eigenvalue weighted by atomic mass is 10.9. The smallest absolute Gasteiger partial charge is 0.199 e. The Labute approximate surface area is 275 Å². The molecule has 0 bridgehead atoms. The van der Waals surface area contributed by atoms with Gasteiger partial charge < -0.3 is 5.11 Å². The summed E-state index contributed by atoms with van der Waals surface area (Å²) in [4.78, 5) is 23.7. The Balaban J connectivity index is 3.28. The van der Waals surface area contributed by atoms with E-state index >= 15 is 0 Å². The van der Waals surface area contributed by atoms with Crippen LogP contribution in [0, 0.1) is 0 Å². The van der Waals surface area contributed by atoms with Crippen LogP contribution >= 0.6 is 153 Å². The molecule has 0 rings (SSSR count). The molecule has 0 aromatic carbocycles. The molecule has 0 heterocycles. The van der Waals surface area contributed by atoms with E-state index in [-0.39, 0.29) is 16.2 Å². The van der Waals surface area contributed by atoms with Gasteiger partial charge in [0, 0.05) is 68.1 Å². The summed E-state index contributed by atoms with van der Waals surface area (Å²) < 4.78 is 11.7. The topological polar surface area (TPSA) is 71.4 Å². The minimum Gasteiger partial charge on any atom is -0.386 e. The van der Waals surface area contributed by atoms with Gasteiger partial charge in [-0.05, 0) is 6.26 Å². The molecule has 1 atom stereocenters. The number of hydrogen-bond donors (Lipinski definition) is 1. The second kappa shape index (κ2) is 33.5. The van der Waals surface area contributed by atoms with Crippen LogP contribution in [0.2, 0.25) is 0 Å². The third-order valence-corrected chi connectivity index (χ3v) is 20.3. The lowest BCUT2D eigenvalue weighted by Crippen LogP contribution is -2.02. The number of aliphatic hydroxyl groups excluding tert-OH is 1. The number of aliphatic hydroxyl groups is 1. The molecule has 36 heavy (non-hydrogen) atoms. The average molecular weight is 763 g/mol. The summed E-state index contributed by atoms with van der Waals surface area (Å²) in [6.45, 7) is 0. The van der Waals surface area contributed by atoms with Gasteiger partial charge in [-0.3, -0.25) is 13.8 Å². The monoisotopic (exact) mass is 762 g/mol.